The summed E-state index contributed by atoms with van der Waals surface area (Å²) in [5, 5.41) is 2.84. The van der Waals surface area contributed by atoms with Crippen molar-refractivity contribution in [3.05, 3.63) is 28.2 Å². The van der Waals surface area contributed by atoms with E-state index in [0.29, 0.717) is 0 Å². The maximum atomic E-state index is 11.7. The minimum absolute atomic E-state index is 0.00690. The smallest absolute Gasteiger partial charge is 0.321 e. The van der Waals surface area contributed by atoms with Gasteiger partial charge in [-0.15, -0.1) is 0 Å². The van der Waals surface area contributed by atoms with Crippen LogP contribution in [0, 0.1) is 6.92 Å². The van der Waals surface area contributed by atoms with Gasteiger partial charge in [0.2, 0.25) is 0 Å². The molecule has 0 saturated carbocycles. The van der Waals surface area contributed by atoms with Crippen molar-refractivity contribution >= 4 is 27.6 Å². The number of halogens is 1. The molecule has 80 valence electrons. The van der Waals surface area contributed by atoms with Crippen LogP contribution < -0.4 is 10.2 Å². The van der Waals surface area contributed by atoms with Gasteiger partial charge in [0.25, 0.3) is 0 Å². The molecular formula is C11H13BrN2O. The Kier molecular flexibility index (Phi) is 2.95. The minimum atomic E-state index is -0.00690. The van der Waals surface area contributed by atoms with Crippen molar-refractivity contribution < 1.29 is 4.79 Å². The number of rotatable bonds is 1. The number of nitrogens with one attached hydrogen (secondary N) is 1. The number of carbonyl (C=O) groups is 1. The van der Waals surface area contributed by atoms with E-state index in [1.807, 2.05) is 25.1 Å². The second kappa shape index (κ2) is 4.23. The highest BCUT2D eigenvalue weighted by Crippen LogP contribution is 2.29. The molecule has 0 radical (unpaired) electrons. The molecule has 1 aromatic carbocycles. The highest BCUT2D eigenvalue weighted by atomic mass is 79.9. The van der Waals surface area contributed by atoms with Gasteiger partial charge in [-0.05, 0) is 40.9 Å². The summed E-state index contributed by atoms with van der Waals surface area (Å²) < 4.78 is 1.00. The molecule has 0 spiro atoms. The van der Waals surface area contributed by atoms with E-state index in [1.54, 1.807) is 4.90 Å². The molecule has 0 unspecified atom stereocenters. The summed E-state index contributed by atoms with van der Waals surface area (Å²) in [4.78, 5) is 13.4. The van der Waals surface area contributed by atoms with Crippen molar-refractivity contribution in [3.63, 3.8) is 0 Å². The fourth-order valence-corrected chi connectivity index (χ4v) is 2.18. The number of hydrogen-bond donors (Lipinski definition) is 1. The van der Waals surface area contributed by atoms with Crippen molar-refractivity contribution in [2.75, 3.05) is 18.0 Å². The van der Waals surface area contributed by atoms with E-state index in [9.17, 15) is 4.79 Å². The number of aryl methyl sites for hydroxylation is 1. The Morgan fingerprint density at radius 2 is 2.27 bits per heavy atom. The number of benzene rings is 1. The number of nitrogens with zero attached hydrogens (tertiary/aromatic N) is 1. The van der Waals surface area contributed by atoms with E-state index in [4.69, 9.17) is 0 Å². The zero-order valence-electron chi connectivity index (χ0n) is 8.59. The van der Waals surface area contributed by atoms with Gasteiger partial charge in [-0.3, -0.25) is 4.90 Å². The molecule has 0 aromatic heterocycles. The standard InChI is InChI=1S/C11H13BrN2O/c1-8-4-2-5-9(10(8)12)14-7-3-6-13-11(14)15/h2,4-5H,3,6-7H2,1H3,(H,13,15). The molecule has 4 heteroatoms. The molecule has 1 aliphatic rings. The Bertz CT molecular complexity index is 392. The van der Waals surface area contributed by atoms with Crippen LogP contribution in [-0.4, -0.2) is 19.1 Å². The highest BCUT2D eigenvalue weighted by Gasteiger charge is 2.21. The van der Waals surface area contributed by atoms with Crippen LogP contribution in [-0.2, 0) is 0 Å². The van der Waals surface area contributed by atoms with Gasteiger partial charge in [0.15, 0.2) is 0 Å². The Hall–Kier alpha value is -1.03. The molecule has 1 heterocycles. The Morgan fingerprint density at radius 3 is 3.00 bits per heavy atom. The van der Waals surface area contributed by atoms with Crippen LogP contribution in [0.3, 0.4) is 0 Å². The zero-order valence-corrected chi connectivity index (χ0v) is 10.2. The number of urea groups is 1. The predicted octanol–water partition coefficient (Wildman–Crippen LogP) is 2.68. The zero-order chi connectivity index (χ0) is 10.8. The van der Waals surface area contributed by atoms with Crippen molar-refractivity contribution in [3.8, 4) is 0 Å². The van der Waals surface area contributed by atoms with E-state index in [0.717, 1.165) is 35.2 Å². The van der Waals surface area contributed by atoms with Crippen molar-refractivity contribution in [2.45, 2.75) is 13.3 Å². The highest BCUT2D eigenvalue weighted by molar-refractivity contribution is 9.10. The largest absolute Gasteiger partial charge is 0.338 e. The fraction of sp³-hybridized carbons (Fsp3) is 0.364. The lowest BCUT2D eigenvalue weighted by Crippen LogP contribution is -2.46. The van der Waals surface area contributed by atoms with E-state index < -0.39 is 0 Å². The quantitative estimate of drug-likeness (QED) is 0.835. The van der Waals surface area contributed by atoms with Crippen LogP contribution in [0.2, 0.25) is 0 Å². The second-order valence-corrected chi connectivity index (χ2v) is 4.44. The van der Waals surface area contributed by atoms with Crippen LogP contribution >= 0.6 is 15.9 Å². The normalized spacial score (nSPS) is 16.4. The topological polar surface area (TPSA) is 32.3 Å². The van der Waals surface area contributed by atoms with Crippen LogP contribution in [0.25, 0.3) is 0 Å². The average molecular weight is 269 g/mol. The fourth-order valence-electron chi connectivity index (χ4n) is 1.70. The molecule has 2 rings (SSSR count). The first kappa shape index (κ1) is 10.5. The average Bonchev–Trinajstić information content (AvgIpc) is 2.23. The predicted molar refractivity (Wildman–Crippen MR) is 64.2 cm³/mol. The molecule has 0 bridgehead atoms. The minimum Gasteiger partial charge on any atom is -0.338 e. The number of hydrogen-bond acceptors (Lipinski definition) is 1. The SMILES string of the molecule is Cc1cccc(N2CCCNC2=O)c1Br. The lowest BCUT2D eigenvalue weighted by molar-refractivity contribution is 0.243. The van der Waals surface area contributed by atoms with Gasteiger partial charge in [-0.1, -0.05) is 12.1 Å². The summed E-state index contributed by atoms with van der Waals surface area (Å²) in [5.74, 6) is 0. The maximum absolute atomic E-state index is 11.7. The van der Waals surface area contributed by atoms with Crippen LogP contribution in [0.1, 0.15) is 12.0 Å². The molecule has 1 saturated heterocycles. The summed E-state index contributed by atoms with van der Waals surface area (Å²) in [6.45, 7) is 3.59. The first-order valence-corrected chi connectivity index (χ1v) is 5.80. The number of amides is 2. The van der Waals surface area contributed by atoms with Crippen LogP contribution in [0.15, 0.2) is 22.7 Å². The lowest BCUT2D eigenvalue weighted by Gasteiger charge is -2.28. The molecule has 0 atom stereocenters. The lowest BCUT2D eigenvalue weighted by atomic mass is 10.2. The maximum Gasteiger partial charge on any atom is 0.321 e. The van der Waals surface area contributed by atoms with Crippen LogP contribution in [0.5, 0.6) is 0 Å². The summed E-state index contributed by atoms with van der Waals surface area (Å²) in [6, 6.07) is 5.95. The molecule has 1 N–H and O–H groups in total. The van der Waals surface area contributed by atoms with Gasteiger partial charge >= 0.3 is 6.03 Å². The molecule has 1 aromatic rings. The van der Waals surface area contributed by atoms with Gasteiger partial charge in [-0.2, -0.15) is 0 Å². The third kappa shape index (κ3) is 2.00. The van der Waals surface area contributed by atoms with Crippen LogP contribution in [0.4, 0.5) is 10.5 Å². The number of carbonyl (C=O) groups excluding carboxylic acids is 1. The van der Waals surface area contributed by atoms with Gasteiger partial charge in [0, 0.05) is 17.6 Å². The third-order valence-corrected chi connectivity index (χ3v) is 3.57. The van der Waals surface area contributed by atoms with Crippen molar-refractivity contribution in [1.29, 1.82) is 0 Å². The number of anilines is 1. The summed E-state index contributed by atoms with van der Waals surface area (Å²) in [7, 11) is 0. The molecule has 0 aliphatic carbocycles. The monoisotopic (exact) mass is 268 g/mol. The van der Waals surface area contributed by atoms with E-state index >= 15 is 0 Å². The molecule has 3 nitrogen and oxygen atoms in total. The van der Waals surface area contributed by atoms with Gasteiger partial charge in [-0.25, -0.2) is 4.79 Å². The van der Waals surface area contributed by atoms with Gasteiger partial charge in [0.05, 0.1) is 5.69 Å². The first-order valence-electron chi connectivity index (χ1n) is 5.00. The summed E-state index contributed by atoms with van der Waals surface area (Å²) >= 11 is 3.52. The van der Waals surface area contributed by atoms with Gasteiger partial charge in [0.1, 0.15) is 0 Å². The Morgan fingerprint density at radius 1 is 1.47 bits per heavy atom. The van der Waals surface area contributed by atoms with E-state index in [1.165, 1.54) is 0 Å². The third-order valence-electron chi connectivity index (χ3n) is 2.54. The Labute approximate surface area is 97.6 Å². The van der Waals surface area contributed by atoms with Crippen molar-refractivity contribution in [2.24, 2.45) is 0 Å². The second-order valence-electron chi connectivity index (χ2n) is 3.65. The Balaban J connectivity index is 2.35. The molecule has 1 fully saturated rings. The van der Waals surface area contributed by atoms with Crippen molar-refractivity contribution in [1.82, 2.24) is 5.32 Å². The summed E-state index contributed by atoms with van der Waals surface area (Å²) in [5.41, 5.74) is 2.10. The molecule has 1 aliphatic heterocycles. The molecule has 15 heavy (non-hydrogen) atoms. The molecular weight excluding hydrogens is 256 g/mol. The van der Waals surface area contributed by atoms with Gasteiger partial charge < -0.3 is 5.32 Å². The van der Waals surface area contributed by atoms with E-state index in [2.05, 4.69) is 21.2 Å². The molecule has 2 amide bonds. The summed E-state index contributed by atoms with van der Waals surface area (Å²) in [6.07, 6.45) is 0.992. The van der Waals surface area contributed by atoms with E-state index in [-0.39, 0.29) is 6.03 Å². The first-order chi connectivity index (χ1) is 7.20.